The van der Waals surface area contributed by atoms with Gasteiger partial charge in [-0.2, -0.15) is 9.61 Å². The van der Waals surface area contributed by atoms with Crippen molar-refractivity contribution in [3.63, 3.8) is 0 Å². The second kappa shape index (κ2) is 9.97. The zero-order chi connectivity index (χ0) is 21.7. The summed E-state index contributed by atoms with van der Waals surface area (Å²) in [7, 11) is -2.32. The fraction of sp³-hybridized carbons (Fsp3) is 0.650. The molecule has 0 amide bonds. The first kappa shape index (κ1) is 23.7. The molecule has 0 N–H and O–H groups in total. The molecule has 2 heterocycles. The van der Waals surface area contributed by atoms with Gasteiger partial charge in [0.05, 0.1) is 6.20 Å². The number of carbonyl (C=O) groups excluding carboxylic acids is 1. The maximum Gasteiger partial charge on any atom is 0.178 e. The maximum absolute atomic E-state index is 12.0. The second-order valence-corrected chi connectivity index (χ2v) is 21.1. The summed E-state index contributed by atoms with van der Waals surface area (Å²) in [5, 5.41) is 4.38. The monoisotopic (exact) mass is 436 g/mol. The van der Waals surface area contributed by atoms with Crippen molar-refractivity contribution in [2.75, 3.05) is 31.6 Å². The van der Waals surface area contributed by atoms with Gasteiger partial charge in [-0.1, -0.05) is 39.3 Å². The highest BCUT2D eigenvalue weighted by Crippen LogP contribution is 2.19. The van der Waals surface area contributed by atoms with E-state index >= 15 is 0 Å². The number of ketones is 1. The summed E-state index contributed by atoms with van der Waals surface area (Å²) in [5.41, 5.74) is 1.06. The van der Waals surface area contributed by atoms with Crippen LogP contribution in [-0.2, 0) is 9.47 Å². The standard InChI is InChI=1S/C20H36N4O3Si2/c1-17(25)18-14-20(24-19(22-18)8-9-21-24)23(15-26-10-12-28(2,3)4)16-27-11-13-29(5,6)7/h8-9,14H,10-13,15-16H2,1-7H3. The number of anilines is 1. The first-order valence-corrected chi connectivity index (χ1v) is 17.6. The molecule has 2 aromatic rings. The van der Waals surface area contributed by atoms with E-state index in [9.17, 15) is 4.79 Å². The van der Waals surface area contributed by atoms with Gasteiger partial charge in [0.2, 0.25) is 0 Å². The van der Waals surface area contributed by atoms with Gasteiger partial charge in [-0.05, 0) is 12.1 Å². The highest BCUT2D eigenvalue weighted by atomic mass is 28.3. The number of aromatic nitrogens is 3. The van der Waals surface area contributed by atoms with Crippen LogP contribution >= 0.6 is 0 Å². The lowest BCUT2D eigenvalue weighted by atomic mass is 10.3. The Morgan fingerprint density at radius 1 is 1.03 bits per heavy atom. The van der Waals surface area contributed by atoms with E-state index in [0.29, 0.717) is 38.0 Å². The number of ether oxygens (including phenoxy) is 2. The van der Waals surface area contributed by atoms with E-state index in [-0.39, 0.29) is 5.78 Å². The number of Topliss-reactive ketones (excluding diaryl/α,β-unsaturated/α-hetero) is 1. The minimum atomic E-state index is -1.16. The summed E-state index contributed by atoms with van der Waals surface area (Å²) in [6, 6.07) is 5.77. The van der Waals surface area contributed by atoms with Gasteiger partial charge >= 0.3 is 0 Å². The van der Waals surface area contributed by atoms with Gasteiger partial charge in [-0.25, -0.2) is 4.98 Å². The normalized spacial score (nSPS) is 12.5. The van der Waals surface area contributed by atoms with E-state index in [1.807, 2.05) is 4.90 Å². The van der Waals surface area contributed by atoms with Crippen molar-refractivity contribution in [1.82, 2.24) is 14.6 Å². The van der Waals surface area contributed by atoms with Crippen molar-refractivity contribution in [1.29, 1.82) is 0 Å². The number of carbonyl (C=O) groups is 1. The van der Waals surface area contributed by atoms with Crippen molar-refractivity contribution < 1.29 is 14.3 Å². The molecule has 7 nitrogen and oxygen atoms in total. The summed E-state index contributed by atoms with van der Waals surface area (Å²) in [5.74, 6) is 0.681. The molecule has 0 aromatic carbocycles. The fourth-order valence-electron chi connectivity index (χ4n) is 2.58. The summed E-state index contributed by atoms with van der Waals surface area (Å²) < 4.78 is 13.7. The number of nitrogens with zero attached hydrogens (tertiary/aromatic N) is 4. The van der Waals surface area contributed by atoms with Crippen LogP contribution in [0.3, 0.4) is 0 Å². The molecular formula is C20H36N4O3Si2. The largest absolute Gasteiger partial charge is 0.361 e. The van der Waals surface area contributed by atoms with Crippen LogP contribution in [0.5, 0.6) is 0 Å². The molecule has 29 heavy (non-hydrogen) atoms. The third-order valence-corrected chi connectivity index (χ3v) is 7.92. The fourth-order valence-corrected chi connectivity index (χ4v) is 4.09. The van der Waals surface area contributed by atoms with Gasteiger partial charge in [-0.15, -0.1) is 0 Å². The lowest BCUT2D eigenvalue weighted by Crippen LogP contribution is -2.33. The Bertz CT molecular complexity index is 790. The molecule has 0 spiro atoms. The van der Waals surface area contributed by atoms with E-state index in [1.54, 1.807) is 22.8 Å². The van der Waals surface area contributed by atoms with Crippen LogP contribution in [0, 0.1) is 0 Å². The predicted octanol–water partition coefficient (Wildman–Crippen LogP) is 4.36. The van der Waals surface area contributed by atoms with Crippen molar-refractivity contribution in [2.24, 2.45) is 0 Å². The van der Waals surface area contributed by atoms with Gasteiger partial charge in [0.25, 0.3) is 0 Å². The summed E-state index contributed by atoms with van der Waals surface area (Å²) in [4.78, 5) is 18.3. The first-order chi connectivity index (χ1) is 13.5. The topological polar surface area (TPSA) is 69.0 Å². The molecule has 2 aromatic heterocycles. The third kappa shape index (κ3) is 8.00. The Morgan fingerprint density at radius 2 is 1.59 bits per heavy atom. The molecule has 0 saturated heterocycles. The highest BCUT2D eigenvalue weighted by molar-refractivity contribution is 6.76. The van der Waals surface area contributed by atoms with Crippen LogP contribution in [0.15, 0.2) is 18.3 Å². The maximum atomic E-state index is 12.0. The van der Waals surface area contributed by atoms with Crippen molar-refractivity contribution in [3.05, 3.63) is 24.0 Å². The van der Waals surface area contributed by atoms with E-state index in [4.69, 9.17) is 9.47 Å². The molecule has 9 heteroatoms. The number of hydrogen-bond donors (Lipinski definition) is 0. The molecule has 0 unspecified atom stereocenters. The van der Waals surface area contributed by atoms with Gasteiger partial charge in [0, 0.05) is 48.4 Å². The summed E-state index contributed by atoms with van der Waals surface area (Å²) >= 11 is 0. The molecule has 0 aliphatic heterocycles. The van der Waals surface area contributed by atoms with Crippen LogP contribution < -0.4 is 4.90 Å². The van der Waals surface area contributed by atoms with Crippen LogP contribution in [0.1, 0.15) is 17.4 Å². The van der Waals surface area contributed by atoms with Crippen molar-refractivity contribution in [2.45, 2.75) is 58.3 Å². The highest BCUT2D eigenvalue weighted by Gasteiger charge is 2.18. The average Bonchev–Trinajstić information content (AvgIpc) is 3.06. The molecular weight excluding hydrogens is 400 g/mol. The van der Waals surface area contributed by atoms with Crippen LogP contribution in [0.4, 0.5) is 5.82 Å². The minimum Gasteiger partial charge on any atom is -0.361 e. The van der Waals surface area contributed by atoms with E-state index < -0.39 is 16.1 Å². The average molecular weight is 437 g/mol. The van der Waals surface area contributed by atoms with E-state index in [1.165, 1.54) is 6.92 Å². The number of fused-ring (bicyclic) bond motifs is 1. The number of hydrogen-bond acceptors (Lipinski definition) is 6. The Balaban J connectivity index is 2.18. The Hall–Kier alpha value is -1.56. The van der Waals surface area contributed by atoms with Crippen molar-refractivity contribution in [3.8, 4) is 0 Å². The van der Waals surface area contributed by atoms with Crippen molar-refractivity contribution >= 4 is 33.4 Å². The lowest BCUT2D eigenvalue weighted by Gasteiger charge is -2.26. The first-order valence-electron chi connectivity index (χ1n) is 10.2. The zero-order valence-corrected chi connectivity index (χ0v) is 21.0. The predicted molar refractivity (Wildman–Crippen MR) is 123 cm³/mol. The molecule has 0 bridgehead atoms. The molecule has 0 fully saturated rings. The van der Waals surface area contributed by atoms with Gasteiger partial charge in [0.1, 0.15) is 25.0 Å². The molecule has 0 aliphatic rings. The summed E-state index contributed by atoms with van der Waals surface area (Å²) in [6.45, 7) is 17.7. The summed E-state index contributed by atoms with van der Waals surface area (Å²) in [6.07, 6.45) is 1.69. The molecule has 0 radical (unpaired) electrons. The van der Waals surface area contributed by atoms with Gasteiger partial charge in [-0.3, -0.25) is 4.79 Å². The number of rotatable bonds is 12. The van der Waals surface area contributed by atoms with E-state index in [2.05, 4.69) is 49.4 Å². The third-order valence-electron chi connectivity index (χ3n) is 4.51. The molecule has 2 rings (SSSR count). The van der Waals surface area contributed by atoms with Gasteiger partial charge < -0.3 is 14.4 Å². The second-order valence-electron chi connectivity index (χ2n) is 9.89. The van der Waals surface area contributed by atoms with E-state index in [0.717, 1.165) is 17.9 Å². The van der Waals surface area contributed by atoms with Crippen LogP contribution in [0.2, 0.25) is 51.4 Å². The van der Waals surface area contributed by atoms with Crippen LogP contribution in [-0.4, -0.2) is 63.2 Å². The minimum absolute atomic E-state index is 0.0748. The van der Waals surface area contributed by atoms with Gasteiger partial charge in [0.15, 0.2) is 11.4 Å². The molecule has 162 valence electrons. The molecule has 0 atom stereocenters. The Morgan fingerprint density at radius 3 is 2.07 bits per heavy atom. The Labute approximate surface area is 176 Å². The molecule has 0 saturated carbocycles. The SMILES string of the molecule is CC(=O)c1cc(N(COCC[Si](C)(C)C)COCC[Si](C)(C)C)n2nccc2n1. The smallest absolute Gasteiger partial charge is 0.178 e. The quantitative estimate of drug-likeness (QED) is 0.213. The Kier molecular flexibility index (Phi) is 8.15. The van der Waals surface area contributed by atoms with Crippen LogP contribution in [0.25, 0.3) is 5.65 Å². The lowest BCUT2D eigenvalue weighted by molar-refractivity contribution is 0.0939. The molecule has 0 aliphatic carbocycles. The zero-order valence-electron chi connectivity index (χ0n) is 19.0.